The Kier molecular flexibility index (Phi) is 4.76. The molecule has 7 heteroatoms. The highest BCUT2D eigenvalue weighted by molar-refractivity contribution is 9.09. The molecule has 88 valence electrons. The number of alkyl halides is 4. The Labute approximate surface area is 93.5 Å². The van der Waals surface area contributed by atoms with Crippen molar-refractivity contribution in [2.75, 3.05) is 5.33 Å². The van der Waals surface area contributed by atoms with Gasteiger partial charge in [0.05, 0.1) is 10.9 Å². The maximum Gasteiger partial charge on any atom is 0.471 e. The summed E-state index contributed by atoms with van der Waals surface area (Å²) in [6, 6.07) is 0. The molecule has 0 aromatic heterocycles. The Morgan fingerprint density at radius 1 is 1.33 bits per heavy atom. The van der Waals surface area contributed by atoms with Crippen molar-refractivity contribution in [3.8, 4) is 0 Å². The molecule has 1 amide bonds. The van der Waals surface area contributed by atoms with E-state index in [9.17, 15) is 22.8 Å². The highest BCUT2D eigenvalue weighted by Crippen LogP contribution is 2.19. The fraction of sp³-hybridized carbons (Fsp3) is 0.750. The van der Waals surface area contributed by atoms with E-state index in [4.69, 9.17) is 0 Å². The monoisotopic (exact) mass is 289 g/mol. The Morgan fingerprint density at radius 2 is 1.80 bits per heavy atom. The van der Waals surface area contributed by atoms with Gasteiger partial charge in [-0.25, -0.2) is 0 Å². The molecule has 15 heavy (non-hydrogen) atoms. The zero-order valence-electron chi connectivity index (χ0n) is 8.24. The number of amides is 1. The van der Waals surface area contributed by atoms with Gasteiger partial charge in [-0.05, 0) is 13.3 Å². The van der Waals surface area contributed by atoms with E-state index in [-0.39, 0.29) is 11.8 Å². The van der Waals surface area contributed by atoms with Gasteiger partial charge in [0, 0.05) is 0 Å². The topological polar surface area (TPSA) is 46.2 Å². The minimum absolute atomic E-state index is 0.0965. The van der Waals surface area contributed by atoms with Gasteiger partial charge in [0.25, 0.3) is 0 Å². The number of carbonyl (C=O) groups excluding carboxylic acids is 2. The second-order valence-electron chi connectivity index (χ2n) is 3.19. The minimum atomic E-state index is -4.97. The van der Waals surface area contributed by atoms with E-state index in [1.165, 1.54) is 13.8 Å². The summed E-state index contributed by atoms with van der Waals surface area (Å²) in [6.07, 6.45) is -4.87. The van der Waals surface area contributed by atoms with Crippen molar-refractivity contribution in [3.63, 3.8) is 0 Å². The fourth-order valence-electron chi connectivity index (χ4n) is 0.824. The van der Waals surface area contributed by atoms with Crippen LogP contribution in [0.25, 0.3) is 0 Å². The van der Waals surface area contributed by atoms with Crippen molar-refractivity contribution in [2.45, 2.75) is 32.0 Å². The summed E-state index contributed by atoms with van der Waals surface area (Å²) in [5.41, 5.74) is -1.48. The molecule has 0 radical (unpaired) electrons. The lowest BCUT2D eigenvalue weighted by Gasteiger charge is -2.27. The zero-order chi connectivity index (χ0) is 12.3. The average molecular weight is 290 g/mol. The van der Waals surface area contributed by atoms with Crippen LogP contribution in [-0.2, 0) is 9.59 Å². The number of halogens is 4. The van der Waals surface area contributed by atoms with Crippen molar-refractivity contribution < 1.29 is 22.8 Å². The molecule has 0 heterocycles. The summed E-state index contributed by atoms with van der Waals surface area (Å²) in [7, 11) is 0. The Morgan fingerprint density at radius 3 is 2.07 bits per heavy atom. The predicted octanol–water partition coefficient (Wildman–Crippen LogP) is 1.80. The van der Waals surface area contributed by atoms with Crippen LogP contribution in [0.5, 0.6) is 0 Å². The van der Waals surface area contributed by atoms with Crippen molar-refractivity contribution in [3.05, 3.63) is 0 Å². The van der Waals surface area contributed by atoms with E-state index < -0.39 is 23.4 Å². The maximum atomic E-state index is 11.9. The third-order valence-electron chi connectivity index (χ3n) is 2.09. The molecule has 0 saturated heterocycles. The van der Waals surface area contributed by atoms with E-state index in [2.05, 4.69) is 15.9 Å². The zero-order valence-corrected chi connectivity index (χ0v) is 9.83. The van der Waals surface area contributed by atoms with Crippen LogP contribution in [0.3, 0.4) is 0 Å². The van der Waals surface area contributed by atoms with Gasteiger partial charge in [0.15, 0.2) is 5.78 Å². The van der Waals surface area contributed by atoms with Gasteiger partial charge in [0.2, 0.25) is 0 Å². The molecule has 1 unspecified atom stereocenters. The molecule has 0 rings (SSSR count). The lowest BCUT2D eigenvalue weighted by molar-refractivity contribution is -0.176. The van der Waals surface area contributed by atoms with Gasteiger partial charge in [0.1, 0.15) is 0 Å². The SMILES string of the molecule is CCC(C)(NC(=O)C(F)(F)F)C(=O)CBr. The number of hydrogen-bond acceptors (Lipinski definition) is 2. The van der Waals surface area contributed by atoms with Crippen LogP contribution in [0.2, 0.25) is 0 Å². The lowest BCUT2D eigenvalue weighted by atomic mass is 9.94. The van der Waals surface area contributed by atoms with Crippen molar-refractivity contribution in [1.29, 1.82) is 0 Å². The van der Waals surface area contributed by atoms with Crippen molar-refractivity contribution in [1.82, 2.24) is 5.32 Å². The van der Waals surface area contributed by atoms with Crippen LogP contribution < -0.4 is 5.32 Å². The normalized spacial score (nSPS) is 15.6. The number of Topliss-reactive ketones (excluding diaryl/α,β-unsaturated/α-hetero) is 1. The van der Waals surface area contributed by atoms with Gasteiger partial charge in [-0.2, -0.15) is 13.2 Å². The molecule has 0 bridgehead atoms. The first kappa shape index (κ1) is 14.4. The van der Waals surface area contributed by atoms with Crippen molar-refractivity contribution in [2.24, 2.45) is 0 Å². The number of carbonyl (C=O) groups is 2. The van der Waals surface area contributed by atoms with E-state index in [1.54, 1.807) is 5.32 Å². The first-order chi connectivity index (χ1) is 6.67. The van der Waals surface area contributed by atoms with Crippen LogP contribution in [0, 0.1) is 0 Å². The van der Waals surface area contributed by atoms with E-state index in [0.717, 1.165) is 0 Å². The van der Waals surface area contributed by atoms with Gasteiger partial charge in [-0.1, -0.05) is 22.9 Å². The van der Waals surface area contributed by atoms with E-state index in [1.807, 2.05) is 0 Å². The Bertz CT molecular complexity index is 267. The van der Waals surface area contributed by atoms with Gasteiger partial charge in [-0.15, -0.1) is 0 Å². The van der Waals surface area contributed by atoms with Gasteiger partial charge in [-0.3, -0.25) is 9.59 Å². The number of rotatable bonds is 4. The summed E-state index contributed by atoms with van der Waals surface area (Å²) in [5, 5.41) is 1.59. The quantitative estimate of drug-likeness (QED) is 0.802. The van der Waals surface area contributed by atoms with Crippen LogP contribution in [0.1, 0.15) is 20.3 Å². The maximum absolute atomic E-state index is 11.9. The van der Waals surface area contributed by atoms with E-state index >= 15 is 0 Å². The van der Waals surface area contributed by atoms with Crippen LogP contribution >= 0.6 is 15.9 Å². The smallest absolute Gasteiger partial charge is 0.336 e. The fourth-order valence-corrected chi connectivity index (χ4v) is 1.44. The molecule has 0 aliphatic heterocycles. The summed E-state index contributed by atoms with van der Waals surface area (Å²) in [5.74, 6) is -2.59. The summed E-state index contributed by atoms with van der Waals surface area (Å²) in [4.78, 5) is 22.0. The first-order valence-corrected chi connectivity index (χ1v) is 5.28. The molecule has 0 aromatic rings. The average Bonchev–Trinajstić information content (AvgIpc) is 2.14. The standard InChI is InChI=1S/C8H11BrF3NO2/c1-3-7(2,5(14)4-9)13-6(15)8(10,11)12/h3-4H2,1-2H3,(H,13,15). The summed E-state index contributed by atoms with van der Waals surface area (Å²) >= 11 is 2.85. The molecular formula is C8H11BrF3NO2. The highest BCUT2D eigenvalue weighted by Gasteiger charge is 2.43. The molecule has 0 aromatic carbocycles. The molecule has 3 nitrogen and oxygen atoms in total. The third kappa shape index (κ3) is 3.81. The Hall–Kier alpha value is -0.590. The molecule has 0 spiro atoms. The number of ketones is 1. The second-order valence-corrected chi connectivity index (χ2v) is 3.76. The highest BCUT2D eigenvalue weighted by atomic mass is 79.9. The molecule has 0 saturated carbocycles. The lowest BCUT2D eigenvalue weighted by Crippen LogP contribution is -2.55. The molecule has 0 aliphatic rings. The largest absolute Gasteiger partial charge is 0.471 e. The van der Waals surface area contributed by atoms with E-state index in [0.29, 0.717) is 0 Å². The number of hydrogen-bond donors (Lipinski definition) is 1. The minimum Gasteiger partial charge on any atom is -0.336 e. The molecule has 1 atom stereocenters. The Balaban J connectivity index is 4.73. The molecule has 0 fully saturated rings. The predicted molar refractivity (Wildman–Crippen MR) is 51.7 cm³/mol. The third-order valence-corrected chi connectivity index (χ3v) is 2.60. The second kappa shape index (κ2) is 4.96. The molecule has 0 aliphatic carbocycles. The van der Waals surface area contributed by atoms with Crippen LogP contribution in [0.4, 0.5) is 13.2 Å². The van der Waals surface area contributed by atoms with Crippen molar-refractivity contribution >= 4 is 27.6 Å². The van der Waals surface area contributed by atoms with Gasteiger partial charge >= 0.3 is 12.1 Å². The number of nitrogens with one attached hydrogen (secondary N) is 1. The summed E-state index contributed by atoms with van der Waals surface area (Å²) in [6.45, 7) is 2.79. The molecule has 1 N–H and O–H groups in total. The summed E-state index contributed by atoms with van der Waals surface area (Å²) < 4.78 is 35.8. The first-order valence-electron chi connectivity index (χ1n) is 4.16. The van der Waals surface area contributed by atoms with Gasteiger partial charge < -0.3 is 5.32 Å². The van der Waals surface area contributed by atoms with Crippen LogP contribution in [-0.4, -0.2) is 28.7 Å². The molecular weight excluding hydrogens is 279 g/mol. The van der Waals surface area contributed by atoms with Crippen LogP contribution in [0.15, 0.2) is 0 Å².